The molecule has 0 aromatic heterocycles. The van der Waals surface area contributed by atoms with Crippen molar-refractivity contribution in [1.82, 2.24) is 0 Å². The van der Waals surface area contributed by atoms with E-state index in [1.807, 2.05) is 0 Å². The lowest BCUT2D eigenvalue weighted by Gasteiger charge is -2.38. The molecule has 2 aliphatic carbocycles. The number of hydrogen-bond donors (Lipinski definition) is 0. The van der Waals surface area contributed by atoms with Crippen LogP contribution in [-0.4, -0.2) is 12.5 Å². The molecule has 2 aliphatic rings. The van der Waals surface area contributed by atoms with Gasteiger partial charge in [0.25, 0.3) is 0 Å². The van der Waals surface area contributed by atoms with E-state index in [-0.39, 0.29) is 5.75 Å². The van der Waals surface area contributed by atoms with Crippen LogP contribution in [0.2, 0.25) is 0 Å². The van der Waals surface area contributed by atoms with Gasteiger partial charge in [0.1, 0.15) is 5.75 Å². The van der Waals surface area contributed by atoms with Crippen molar-refractivity contribution in [2.45, 2.75) is 83.2 Å². The molecule has 1 unspecified atom stereocenters. The van der Waals surface area contributed by atoms with E-state index in [9.17, 15) is 17.6 Å². The standard InChI is InChI=1S/C22H30F4O/c1-2-15-3-5-16(6-4-15)17-7-9-18(10-8-17)19-11-13-20(14-12-19)27-21(23)22(24,25)26/h11-18,21H,2-10H2,1H3. The first-order chi connectivity index (χ1) is 12.9. The van der Waals surface area contributed by atoms with Crippen molar-refractivity contribution in [3.63, 3.8) is 0 Å². The minimum atomic E-state index is -4.99. The summed E-state index contributed by atoms with van der Waals surface area (Å²) in [5.41, 5.74) is 1.12. The molecule has 0 heterocycles. The minimum absolute atomic E-state index is 0.0788. The second-order valence-corrected chi connectivity index (χ2v) is 8.35. The molecule has 5 heteroatoms. The lowest BCUT2D eigenvalue weighted by molar-refractivity contribution is -0.236. The third-order valence-electron chi connectivity index (χ3n) is 6.76. The predicted molar refractivity (Wildman–Crippen MR) is 98.5 cm³/mol. The van der Waals surface area contributed by atoms with Gasteiger partial charge in [-0.25, -0.2) is 0 Å². The van der Waals surface area contributed by atoms with Crippen LogP contribution in [0.4, 0.5) is 17.6 Å². The molecular formula is C22H30F4O. The molecule has 1 aromatic carbocycles. The second kappa shape index (κ2) is 8.83. The quantitative estimate of drug-likeness (QED) is 0.479. The number of hydrogen-bond acceptors (Lipinski definition) is 1. The summed E-state index contributed by atoms with van der Waals surface area (Å²) in [5, 5.41) is 0. The van der Waals surface area contributed by atoms with E-state index >= 15 is 0 Å². The van der Waals surface area contributed by atoms with Gasteiger partial charge in [-0.3, -0.25) is 0 Å². The maximum atomic E-state index is 13.0. The van der Waals surface area contributed by atoms with E-state index in [4.69, 9.17) is 0 Å². The Morgan fingerprint density at radius 1 is 0.889 bits per heavy atom. The third kappa shape index (κ3) is 5.39. The van der Waals surface area contributed by atoms with E-state index in [1.54, 1.807) is 12.1 Å². The van der Waals surface area contributed by atoms with E-state index in [0.29, 0.717) is 5.92 Å². The molecule has 2 saturated carbocycles. The molecule has 0 radical (unpaired) electrons. The Hall–Kier alpha value is -1.26. The Kier molecular flexibility index (Phi) is 6.69. The van der Waals surface area contributed by atoms with Crippen molar-refractivity contribution < 1.29 is 22.3 Å². The average molecular weight is 386 g/mol. The van der Waals surface area contributed by atoms with Crippen LogP contribution in [0.15, 0.2) is 24.3 Å². The predicted octanol–water partition coefficient (Wildman–Crippen LogP) is 7.41. The minimum Gasteiger partial charge on any atom is -0.452 e. The summed E-state index contributed by atoms with van der Waals surface area (Å²) in [4.78, 5) is 0. The van der Waals surface area contributed by atoms with E-state index in [1.165, 1.54) is 57.1 Å². The highest BCUT2D eigenvalue weighted by molar-refractivity contribution is 5.30. The number of benzene rings is 1. The highest BCUT2D eigenvalue weighted by atomic mass is 19.4. The van der Waals surface area contributed by atoms with Crippen molar-refractivity contribution in [2.24, 2.45) is 17.8 Å². The van der Waals surface area contributed by atoms with Gasteiger partial charge in [-0.1, -0.05) is 38.3 Å². The van der Waals surface area contributed by atoms with Crippen molar-refractivity contribution in [3.05, 3.63) is 29.8 Å². The lowest BCUT2D eigenvalue weighted by atomic mass is 9.68. The SMILES string of the molecule is CCC1CCC(C2CCC(c3ccc(OC(F)C(F)(F)F)cc3)CC2)CC1. The monoisotopic (exact) mass is 386 g/mol. The van der Waals surface area contributed by atoms with Crippen LogP contribution in [0, 0.1) is 17.8 Å². The largest absolute Gasteiger partial charge is 0.457 e. The highest BCUT2D eigenvalue weighted by Gasteiger charge is 2.42. The van der Waals surface area contributed by atoms with Gasteiger partial charge < -0.3 is 4.74 Å². The summed E-state index contributed by atoms with van der Waals surface area (Å²) in [7, 11) is 0. The fourth-order valence-electron chi connectivity index (χ4n) is 5.00. The van der Waals surface area contributed by atoms with E-state index in [0.717, 1.165) is 36.2 Å². The normalized spacial score (nSPS) is 30.7. The molecule has 0 saturated heterocycles. The second-order valence-electron chi connectivity index (χ2n) is 8.35. The van der Waals surface area contributed by atoms with Gasteiger partial charge in [-0.15, -0.1) is 0 Å². The van der Waals surface area contributed by atoms with Crippen molar-refractivity contribution in [3.8, 4) is 5.75 Å². The van der Waals surface area contributed by atoms with Crippen molar-refractivity contribution >= 4 is 0 Å². The first kappa shape index (κ1) is 20.5. The van der Waals surface area contributed by atoms with Crippen LogP contribution >= 0.6 is 0 Å². The molecule has 152 valence electrons. The highest BCUT2D eigenvalue weighted by Crippen LogP contribution is 2.44. The summed E-state index contributed by atoms with van der Waals surface area (Å²) in [5.74, 6) is 3.02. The topological polar surface area (TPSA) is 9.23 Å². The van der Waals surface area contributed by atoms with E-state index < -0.39 is 12.5 Å². The average Bonchev–Trinajstić information content (AvgIpc) is 2.68. The number of ether oxygens (including phenoxy) is 1. The van der Waals surface area contributed by atoms with Crippen LogP contribution in [0.5, 0.6) is 5.75 Å². The van der Waals surface area contributed by atoms with Gasteiger partial charge >= 0.3 is 12.5 Å². The molecule has 1 aromatic rings. The third-order valence-corrected chi connectivity index (χ3v) is 6.76. The molecule has 1 atom stereocenters. The molecule has 0 N–H and O–H groups in total. The number of halogens is 4. The Labute approximate surface area is 159 Å². The lowest BCUT2D eigenvalue weighted by Crippen LogP contribution is -2.29. The number of alkyl halides is 4. The summed E-state index contributed by atoms with van der Waals surface area (Å²) in [6, 6.07) is 6.48. The molecule has 0 bridgehead atoms. The van der Waals surface area contributed by atoms with Gasteiger partial charge in [0, 0.05) is 0 Å². The van der Waals surface area contributed by atoms with Crippen LogP contribution in [0.25, 0.3) is 0 Å². The molecule has 0 spiro atoms. The van der Waals surface area contributed by atoms with Crippen LogP contribution in [0.1, 0.15) is 76.2 Å². The first-order valence-electron chi connectivity index (χ1n) is 10.3. The Morgan fingerprint density at radius 3 is 1.89 bits per heavy atom. The zero-order valence-corrected chi connectivity index (χ0v) is 16.0. The molecule has 0 aliphatic heterocycles. The molecule has 27 heavy (non-hydrogen) atoms. The fraction of sp³-hybridized carbons (Fsp3) is 0.727. The maximum Gasteiger partial charge on any atom is 0.457 e. The van der Waals surface area contributed by atoms with Gasteiger partial charge in [0.05, 0.1) is 0 Å². The van der Waals surface area contributed by atoms with Crippen LogP contribution in [0.3, 0.4) is 0 Å². The zero-order chi connectivity index (χ0) is 19.4. The molecule has 1 nitrogen and oxygen atoms in total. The van der Waals surface area contributed by atoms with E-state index in [2.05, 4.69) is 11.7 Å². The smallest absolute Gasteiger partial charge is 0.452 e. The summed E-state index contributed by atoms with van der Waals surface area (Å²) < 4.78 is 54.0. The summed E-state index contributed by atoms with van der Waals surface area (Å²) in [6.45, 7) is 2.30. The molecule has 0 amide bonds. The molecular weight excluding hydrogens is 356 g/mol. The first-order valence-corrected chi connectivity index (χ1v) is 10.3. The van der Waals surface area contributed by atoms with Crippen molar-refractivity contribution in [1.29, 1.82) is 0 Å². The zero-order valence-electron chi connectivity index (χ0n) is 16.0. The number of rotatable bonds is 5. The Morgan fingerprint density at radius 2 is 1.41 bits per heavy atom. The van der Waals surface area contributed by atoms with Gasteiger partial charge in [0.15, 0.2) is 0 Å². The summed E-state index contributed by atoms with van der Waals surface area (Å²) >= 11 is 0. The van der Waals surface area contributed by atoms with Gasteiger partial charge in [-0.05, 0) is 79.9 Å². The van der Waals surface area contributed by atoms with Crippen LogP contribution in [-0.2, 0) is 0 Å². The Bertz CT molecular complexity index is 567. The van der Waals surface area contributed by atoms with Gasteiger partial charge in [-0.2, -0.15) is 17.6 Å². The van der Waals surface area contributed by atoms with Gasteiger partial charge in [0.2, 0.25) is 0 Å². The maximum absolute atomic E-state index is 13.0. The fourth-order valence-corrected chi connectivity index (χ4v) is 5.00. The summed E-state index contributed by atoms with van der Waals surface area (Å²) in [6.07, 6.45) is 3.31. The van der Waals surface area contributed by atoms with Crippen molar-refractivity contribution in [2.75, 3.05) is 0 Å². The Balaban J connectivity index is 1.48. The molecule has 2 fully saturated rings. The molecule has 3 rings (SSSR count). The van der Waals surface area contributed by atoms with Crippen LogP contribution < -0.4 is 4.74 Å².